The minimum absolute atomic E-state index is 0.213. The number of nitrogens with one attached hydrogen (secondary N) is 1. The SMILES string of the molecule is O=C(Nc1cccc(Cl)c1)c1cc(F)ccc1C(F)(F)F. The Hall–Kier alpha value is -2.08. The quantitative estimate of drug-likeness (QED) is 0.796. The highest BCUT2D eigenvalue weighted by Gasteiger charge is 2.35. The predicted molar refractivity (Wildman–Crippen MR) is 70.8 cm³/mol. The molecule has 0 atom stereocenters. The van der Waals surface area contributed by atoms with Crippen LogP contribution in [-0.2, 0) is 6.18 Å². The number of amides is 1. The fraction of sp³-hybridized carbons (Fsp3) is 0.0714. The van der Waals surface area contributed by atoms with Gasteiger partial charge in [0.1, 0.15) is 5.82 Å². The van der Waals surface area contributed by atoms with Gasteiger partial charge in [-0.3, -0.25) is 4.79 Å². The van der Waals surface area contributed by atoms with E-state index in [1.165, 1.54) is 18.2 Å². The summed E-state index contributed by atoms with van der Waals surface area (Å²) in [7, 11) is 0. The maximum atomic E-state index is 13.1. The number of halogens is 5. The molecule has 0 saturated carbocycles. The standard InChI is InChI=1S/C14H8ClF4NO/c15-8-2-1-3-10(6-8)20-13(21)11-7-9(16)4-5-12(11)14(17,18)19/h1-7H,(H,20,21). The summed E-state index contributed by atoms with van der Waals surface area (Å²) in [5, 5.41) is 2.56. The smallest absolute Gasteiger partial charge is 0.322 e. The zero-order valence-electron chi connectivity index (χ0n) is 10.3. The van der Waals surface area contributed by atoms with E-state index in [0.29, 0.717) is 23.2 Å². The van der Waals surface area contributed by atoms with Gasteiger partial charge < -0.3 is 5.32 Å². The van der Waals surface area contributed by atoms with Gasteiger partial charge in [-0.25, -0.2) is 4.39 Å². The Balaban J connectivity index is 2.37. The molecule has 2 aromatic rings. The van der Waals surface area contributed by atoms with Crippen molar-refractivity contribution in [2.24, 2.45) is 0 Å². The van der Waals surface area contributed by atoms with Gasteiger partial charge in [0.05, 0.1) is 11.1 Å². The van der Waals surface area contributed by atoms with Gasteiger partial charge in [0.25, 0.3) is 5.91 Å². The van der Waals surface area contributed by atoms with Crippen molar-refractivity contribution in [1.29, 1.82) is 0 Å². The maximum Gasteiger partial charge on any atom is 0.417 e. The normalized spacial score (nSPS) is 11.3. The molecule has 1 amide bonds. The van der Waals surface area contributed by atoms with Gasteiger partial charge >= 0.3 is 6.18 Å². The number of hydrogen-bond donors (Lipinski definition) is 1. The lowest BCUT2D eigenvalue weighted by atomic mass is 10.1. The van der Waals surface area contributed by atoms with Crippen molar-refractivity contribution in [3.05, 3.63) is 64.4 Å². The summed E-state index contributed by atoms with van der Waals surface area (Å²) in [4.78, 5) is 11.9. The molecule has 0 aliphatic heterocycles. The summed E-state index contributed by atoms with van der Waals surface area (Å²) < 4.78 is 51.6. The van der Waals surface area contributed by atoms with Crippen LogP contribution in [0.4, 0.5) is 23.2 Å². The molecule has 0 saturated heterocycles. The van der Waals surface area contributed by atoms with E-state index in [4.69, 9.17) is 11.6 Å². The molecule has 0 spiro atoms. The lowest BCUT2D eigenvalue weighted by Crippen LogP contribution is -2.19. The fourth-order valence-corrected chi connectivity index (χ4v) is 1.91. The summed E-state index contributed by atoms with van der Waals surface area (Å²) in [6, 6.07) is 7.61. The molecular formula is C14H8ClF4NO. The lowest BCUT2D eigenvalue weighted by Gasteiger charge is -2.13. The van der Waals surface area contributed by atoms with E-state index in [-0.39, 0.29) is 5.69 Å². The van der Waals surface area contributed by atoms with Crippen LogP contribution in [-0.4, -0.2) is 5.91 Å². The third-order valence-electron chi connectivity index (χ3n) is 2.61. The molecular weight excluding hydrogens is 310 g/mol. The van der Waals surface area contributed by atoms with Crippen LogP contribution in [0.3, 0.4) is 0 Å². The molecule has 0 radical (unpaired) electrons. The van der Waals surface area contributed by atoms with Crippen molar-refractivity contribution >= 4 is 23.2 Å². The van der Waals surface area contributed by atoms with Crippen LogP contribution >= 0.6 is 11.6 Å². The molecule has 1 N–H and O–H groups in total. The number of anilines is 1. The molecule has 0 heterocycles. The average Bonchev–Trinajstić information content (AvgIpc) is 2.37. The summed E-state index contributed by atoms with van der Waals surface area (Å²) >= 11 is 5.71. The molecule has 7 heteroatoms. The molecule has 2 rings (SSSR count). The van der Waals surface area contributed by atoms with Gasteiger partial charge in [-0.2, -0.15) is 13.2 Å². The number of rotatable bonds is 2. The third-order valence-corrected chi connectivity index (χ3v) is 2.85. The van der Waals surface area contributed by atoms with E-state index in [9.17, 15) is 22.4 Å². The molecule has 2 nitrogen and oxygen atoms in total. The van der Waals surface area contributed by atoms with Gasteiger partial charge in [0.2, 0.25) is 0 Å². The van der Waals surface area contributed by atoms with Crippen LogP contribution in [0.5, 0.6) is 0 Å². The first kappa shape index (κ1) is 15.3. The van der Waals surface area contributed by atoms with Gasteiger partial charge in [0, 0.05) is 10.7 Å². The van der Waals surface area contributed by atoms with Crippen LogP contribution in [0.1, 0.15) is 15.9 Å². The highest BCUT2D eigenvalue weighted by Crippen LogP contribution is 2.32. The second kappa shape index (κ2) is 5.73. The van der Waals surface area contributed by atoms with Crippen molar-refractivity contribution in [2.45, 2.75) is 6.18 Å². The van der Waals surface area contributed by atoms with Gasteiger partial charge in [0.15, 0.2) is 0 Å². The Morgan fingerprint density at radius 3 is 2.43 bits per heavy atom. The summed E-state index contributed by atoms with van der Waals surface area (Å²) in [6.45, 7) is 0. The van der Waals surface area contributed by atoms with Gasteiger partial charge in [-0.15, -0.1) is 0 Å². The lowest BCUT2D eigenvalue weighted by molar-refractivity contribution is -0.137. The van der Waals surface area contributed by atoms with E-state index >= 15 is 0 Å². The molecule has 110 valence electrons. The molecule has 2 aromatic carbocycles. The van der Waals surface area contributed by atoms with E-state index < -0.39 is 29.0 Å². The molecule has 0 unspecified atom stereocenters. The van der Waals surface area contributed by atoms with E-state index in [2.05, 4.69) is 5.32 Å². The Morgan fingerprint density at radius 1 is 1.10 bits per heavy atom. The van der Waals surface area contributed by atoms with Crippen molar-refractivity contribution in [3.8, 4) is 0 Å². The first-order chi connectivity index (χ1) is 9.77. The minimum Gasteiger partial charge on any atom is -0.322 e. The van der Waals surface area contributed by atoms with Crippen LogP contribution in [0.2, 0.25) is 5.02 Å². The number of alkyl halides is 3. The van der Waals surface area contributed by atoms with Crippen molar-refractivity contribution in [2.75, 3.05) is 5.32 Å². The number of hydrogen-bond acceptors (Lipinski definition) is 1. The molecule has 21 heavy (non-hydrogen) atoms. The summed E-state index contributed by atoms with van der Waals surface area (Å²) in [5.74, 6) is -2.00. The molecule has 0 fully saturated rings. The van der Waals surface area contributed by atoms with Crippen molar-refractivity contribution < 1.29 is 22.4 Å². The Kier molecular flexibility index (Phi) is 4.18. The second-order valence-electron chi connectivity index (χ2n) is 4.15. The first-order valence-electron chi connectivity index (χ1n) is 5.71. The van der Waals surface area contributed by atoms with Gasteiger partial charge in [-0.1, -0.05) is 17.7 Å². The molecule has 0 bridgehead atoms. The topological polar surface area (TPSA) is 29.1 Å². The minimum atomic E-state index is -4.76. The molecule has 0 aliphatic carbocycles. The zero-order chi connectivity index (χ0) is 15.6. The van der Waals surface area contributed by atoms with Gasteiger partial charge in [-0.05, 0) is 36.4 Å². The zero-order valence-corrected chi connectivity index (χ0v) is 11.1. The monoisotopic (exact) mass is 317 g/mol. The van der Waals surface area contributed by atoms with E-state index in [0.717, 1.165) is 0 Å². The average molecular weight is 318 g/mol. The molecule has 0 aliphatic rings. The van der Waals surface area contributed by atoms with Crippen LogP contribution in [0, 0.1) is 5.82 Å². The highest BCUT2D eigenvalue weighted by molar-refractivity contribution is 6.31. The molecule has 0 aromatic heterocycles. The summed E-state index contributed by atoms with van der Waals surface area (Å²) in [5.41, 5.74) is -1.78. The van der Waals surface area contributed by atoms with E-state index in [1.54, 1.807) is 6.07 Å². The first-order valence-corrected chi connectivity index (χ1v) is 6.09. The highest BCUT2D eigenvalue weighted by atomic mass is 35.5. The van der Waals surface area contributed by atoms with Crippen LogP contribution in [0.15, 0.2) is 42.5 Å². The van der Waals surface area contributed by atoms with Crippen LogP contribution < -0.4 is 5.32 Å². The maximum absolute atomic E-state index is 13.1. The second-order valence-corrected chi connectivity index (χ2v) is 4.59. The fourth-order valence-electron chi connectivity index (χ4n) is 1.72. The van der Waals surface area contributed by atoms with Crippen LogP contribution in [0.25, 0.3) is 0 Å². The Morgan fingerprint density at radius 2 is 1.81 bits per heavy atom. The summed E-state index contributed by atoms with van der Waals surface area (Å²) in [6.07, 6.45) is -4.76. The largest absolute Gasteiger partial charge is 0.417 e. The Labute approximate surface area is 122 Å². The number of carbonyl (C=O) groups is 1. The third kappa shape index (κ3) is 3.72. The number of carbonyl (C=O) groups excluding carboxylic acids is 1. The number of benzene rings is 2. The predicted octanol–water partition coefficient (Wildman–Crippen LogP) is 4.75. The van der Waals surface area contributed by atoms with Crippen molar-refractivity contribution in [3.63, 3.8) is 0 Å². The Bertz CT molecular complexity index is 685. The van der Waals surface area contributed by atoms with Crippen molar-refractivity contribution in [1.82, 2.24) is 0 Å². The van der Waals surface area contributed by atoms with E-state index in [1.807, 2.05) is 0 Å².